The molecule has 1 N–H and O–H groups in total. The third-order valence-corrected chi connectivity index (χ3v) is 4.73. The van der Waals surface area contributed by atoms with Crippen LogP contribution in [0.1, 0.15) is 55.3 Å². The molecule has 114 valence electrons. The Balaban J connectivity index is 1.84. The average Bonchev–Trinajstić information content (AvgIpc) is 3.11. The van der Waals surface area contributed by atoms with Crippen LogP contribution in [0.15, 0.2) is 10.6 Å². The molecule has 2 aliphatic rings. The molecule has 3 atom stereocenters. The number of aliphatic carboxylic acids is 1. The topological polar surface area (TPSA) is 83.6 Å². The van der Waals surface area contributed by atoms with Gasteiger partial charge in [0.05, 0.1) is 5.69 Å². The van der Waals surface area contributed by atoms with Crippen molar-refractivity contribution in [1.82, 2.24) is 10.1 Å². The zero-order valence-corrected chi connectivity index (χ0v) is 12.3. The summed E-state index contributed by atoms with van der Waals surface area (Å²) in [7, 11) is 0. The van der Waals surface area contributed by atoms with Gasteiger partial charge in [0.1, 0.15) is 6.04 Å². The highest BCUT2D eigenvalue weighted by atomic mass is 16.5. The van der Waals surface area contributed by atoms with E-state index >= 15 is 0 Å². The molecule has 2 heterocycles. The fraction of sp³-hybridized carbons (Fsp3) is 0.667. The summed E-state index contributed by atoms with van der Waals surface area (Å²) >= 11 is 0. The average molecular weight is 292 g/mol. The molecule has 1 aliphatic carbocycles. The Morgan fingerprint density at radius 1 is 1.43 bits per heavy atom. The second-order valence-corrected chi connectivity index (χ2v) is 6.37. The lowest BCUT2D eigenvalue weighted by Crippen LogP contribution is -2.43. The Labute approximate surface area is 123 Å². The molecule has 1 aliphatic heterocycles. The highest BCUT2D eigenvalue weighted by Crippen LogP contribution is 2.42. The smallest absolute Gasteiger partial charge is 0.326 e. The standard InChI is InChI=1S/C15H20N2O4/c1-8(2)11-6-12(21-16-11)14(18)17-7-9-4-3-5-10(9)13(17)15(19)20/h6,8-10,13H,3-5,7H2,1-2H3,(H,19,20). The van der Waals surface area contributed by atoms with Crippen molar-refractivity contribution in [3.8, 4) is 0 Å². The van der Waals surface area contributed by atoms with Gasteiger partial charge in [0, 0.05) is 12.6 Å². The van der Waals surface area contributed by atoms with Crippen molar-refractivity contribution in [2.45, 2.75) is 45.1 Å². The Morgan fingerprint density at radius 3 is 2.81 bits per heavy atom. The molecule has 0 aromatic carbocycles. The van der Waals surface area contributed by atoms with E-state index in [2.05, 4.69) is 5.16 Å². The van der Waals surface area contributed by atoms with Crippen molar-refractivity contribution in [1.29, 1.82) is 0 Å². The summed E-state index contributed by atoms with van der Waals surface area (Å²) in [6.45, 7) is 4.44. The van der Waals surface area contributed by atoms with Crippen LogP contribution in [-0.4, -0.2) is 39.6 Å². The van der Waals surface area contributed by atoms with Crippen LogP contribution in [0.3, 0.4) is 0 Å². The minimum Gasteiger partial charge on any atom is -0.480 e. The first kappa shape index (κ1) is 14.1. The molecule has 3 rings (SSSR count). The monoisotopic (exact) mass is 292 g/mol. The van der Waals surface area contributed by atoms with Crippen LogP contribution >= 0.6 is 0 Å². The van der Waals surface area contributed by atoms with Gasteiger partial charge in [0.25, 0.3) is 5.91 Å². The van der Waals surface area contributed by atoms with Crippen molar-refractivity contribution < 1.29 is 19.2 Å². The number of carboxylic acids is 1. The van der Waals surface area contributed by atoms with E-state index in [0.29, 0.717) is 18.2 Å². The van der Waals surface area contributed by atoms with Crippen molar-refractivity contribution >= 4 is 11.9 Å². The van der Waals surface area contributed by atoms with E-state index in [1.54, 1.807) is 6.07 Å². The molecular formula is C15H20N2O4. The maximum atomic E-state index is 12.6. The first-order chi connectivity index (χ1) is 9.99. The number of hydrogen-bond acceptors (Lipinski definition) is 4. The van der Waals surface area contributed by atoms with Crippen LogP contribution in [0.4, 0.5) is 0 Å². The number of fused-ring (bicyclic) bond motifs is 1. The maximum Gasteiger partial charge on any atom is 0.326 e. The van der Waals surface area contributed by atoms with Gasteiger partial charge in [-0.15, -0.1) is 0 Å². The van der Waals surface area contributed by atoms with Crippen molar-refractivity contribution in [2.24, 2.45) is 11.8 Å². The van der Waals surface area contributed by atoms with Gasteiger partial charge >= 0.3 is 5.97 Å². The number of carbonyl (C=O) groups excluding carboxylic acids is 1. The van der Waals surface area contributed by atoms with Gasteiger partial charge in [-0.3, -0.25) is 4.79 Å². The Kier molecular flexibility index (Phi) is 3.47. The molecule has 0 spiro atoms. The highest BCUT2D eigenvalue weighted by molar-refractivity contribution is 5.95. The lowest BCUT2D eigenvalue weighted by Gasteiger charge is -2.23. The third kappa shape index (κ3) is 2.32. The number of aromatic nitrogens is 1. The van der Waals surface area contributed by atoms with E-state index in [0.717, 1.165) is 19.3 Å². The fourth-order valence-corrected chi connectivity index (χ4v) is 3.63. The maximum absolute atomic E-state index is 12.6. The van der Waals surface area contributed by atoms with Crippen LogP contribution in [0.2, 0.25) is 0 Å². The summed E-state index contributed by atoms with van der Waals surface area (Å²) in [5.41, 5.74) is 0.713. The summed E-state index contributed by atoms with van der Waals surface area (Å²) in [4.78, 5) is 25.6. The molecule has 1 amide bonds. The summed E-state index contributed by atoms with van der Waals surface area (Å²) in [6.07, 6.45) is 2.95. The molecule has 21 heavy (non-hydrogen) atoms. The first-order valence-electron chi connectivity index (χ1n) is 7.49. The number of nitrogens with zero attached hydrogens (tertiary/aromatic N) is 2. The zero-order chi connectivity index (χ0) is 15.1. The molecule has 3 unspecified atom stereocenters. The number of hydrogen-bond donors (Lipinski definition) is 1. The summed E-state index contributed by atoms with van der Waals surface area (Å²) in [5.74, 6) is -0.563. The van der Waals surface area contributed by atoms with Gasteiger partial charge in [0.2, 0.25) is 5.76 Å². The van der Waals surface area contributed by atoms with Crippen LogP contribution in [0, 0.1) is 11.8 Å². The quantitative estimate of drug-likeness (QED) is 0.922. The van der Waals surface area contributed by atoms with E-state index in [-0.39, 0.29) is 23.5 Å². The third-order valence-electron chi connectivity index (χ3n) is 4.73. The minimum atomic E-state index is -0.915. The van der Waals surface area contributed by atoms with Gasteiger partial charge in [-0.1, -0.05) is 25.4 Å². The molecule has 2 fully saturated rings. The number of likely N-dealkylation sites (tertiary alicyclic amines) is 1. The van der Waals surface area contributed by atoms with Gasteiger partial charge in [0.15, 0.2) is 0 Å². The SMILES string of the molecule is CC(C)c1cc(C(=O)N2CC3CCCC3C2C(=O)O)on1. The molecule has 0 bridgehead atoms. The van der Waals surface area contributed by atoms with Gasteiger partial charge in [-0.2, -0.15) is 0 Å². The first-order valence-corrected chi connectivity index (χ1v) is 7.49. The Bertz CT molecular complexity index is 566. The predicted molar refractivity (Wildman–Crippen MR) is 73.9 cm³/mol. The van der Waals surface area contributed by atoms with E-state index < -0.39 is 12.0 Å². The lowest BCUT2D eigenvalue weighted by molar-refractivity contribution is -0.142. The van der Waals surface area contributed by atoms with Crippen LogP contribution in [-0.2, 0) is 4.79 Å². The Morgan fingerprint density at radius 2 is 2.19 bits per heavy atom. The normalized spacial score (nSPS) is 28.1. The predicted octanol–water partition coefficient (Wildman–Crippen LogP) is 2.12. The molecule has 6 nitrogen and oxygen atoms in total. The number of rotatable bonds is 3. The van der Waals surface area contributed by atoms with E-state index in [1.165, 1.54) is 4.90 Å². The minimum absolute atomic E-state index is 0.0824. The summed E-state index contributed by atoms with van der Waals surface area (Å²) in [5, 5.41) is 13.4. The molecule has 1 aromatic heterocycles. The van der Waals surface area contributed by atoms with Crippen molar-refractivity contribution in [3.63, 3.8) is 0 Å². The number of carboxylic acid groups (broad SMARTS) is 1. The Hall–Kier alpha value is -1.85. The highest BCUT2D eigenvalue weighted by Gasteiger charge is 2.50. The van der Waals surface area contributed by atoms with E-state index in [4.69, 9.17) is 4.52 Å². The zero-order valence-electron chi connectivity index (χ0n) is 12.3. The lowest BCUT2D eigenvalue weighted by atomic mass is 9.94. The molecule has 6 heteroatoms. The largest absolute Gasteiger partial charge is 0.480 e. The molecule has 1 saturated heterocycles. The second-order valence-electron chi connectivity index (χ2n) is 6.37. The fourth-order valence-electron chi connectivity index (χ4n) is 3.63. The van der Waals surface area contributed by atoms with Crippen LogP contribution < -0.4 is 0 Å². The molecule has 1 aromatic rings. The van der Waals surface area contributed by atoms with E-state index in [9.17, 15) is 14.7 Å². The summed E-state index contributed by atoms with van der Waals surface area (Å²) < 4.78 is 5.12. The number of amides is 1. The second kappa shape index (κ2) is 5.16. The van der Waals surface area contributed by atoms with E-state index in [1.807, 2.05) is 13.8 Å². The van der Waals surface area contributed by atoms with Gasteiger partial charge in [-0.05, 0) is 30.6 Å². The molecule has 1 saturated carbocycles. The van der Waals surface area contributed by atoms with Gasteiger partial charge < -0.3 is 14.5 Å². The molecular weight excluding hydrogens is 272 g/mol. The number of carbonyl (C=O) groups is 2. The van der Waals surface area contributed by atoms with Gasteiger partial charge in [-0.25, -0.2) is 4.79 Å². The molecule has 0 radical (unpaired) electrons. The van der Waals surface area contributed by atoms with Crippen molar-refractivity contribution in [2.75, 3.05) is 6.54 Å². The summed E-state index contributed by atoms with van der Waals surface area (Å²) in [6, 6.07) is 0.901. The van der Waals surface area contributed by atoms with Crippen LogP contribution in [0.25, 0.3) is 0 Å². The van der Waals surface area contributed by atoms with Crippen LogP contribution in [0.5, 0.6) is 0 Å². The van der Waals surface area contributed by atoms with Crippen molar-refractivity contribution in [3.05, 3.63) is 17.5 Å².